The number of nitrogens with zero attached hydrogens (tertiary/aromatic N) is 1. The number of thioether (sulfide) groups is 1. The average molecular weight is 286 g/mol. The Morgan fingerprint density at radius 3 is 2.85 bits per heavy atom. The van der Waals surface area contributed by atoms with Gasteiger partial charge in [-0.25, -0.2) is 4.98 Å². The molecular formula is C16H18N2OS. The first-order valence-corrected chi connectivity index (χ1v) is 7.37. The normalized spacial score (nSPS) is 10.1. The van der Waals surface area contributed by atoms with Crippen molar-refractivity contribution in [2.45, 2.75) is 11.4 Å². The van der Waals surface area contributed by atoms with Crippen molar-refractivity contribution in [2.75, 3.05) is 18.2 Å². The number of anilines is 1. The van der Waals surface area contributed by atoms with Crippen molar-refractivity contribution in [1.82, 2.24) is 4.98 Å². The maximum absolute atomic E-state index is 5.05. The van der Waals surface area contributed by atoms with Gasteiger partial charge in [0.2, 0.25) is 5.88 Å². The van der Waals surface area contributed by atoms with E-state index >= 15 is 0 Å². The highest BCUT2D eigenvalue weighted by Gasteiger charge is 2.02. The Morgan fingerprint density at radius 2 is 2.15 bits per heavy atom. The molecule has 3 nitrogen and oxygen atoms in total. The van der Waals surface area contributed by atoms with Crippen molar-refractivity contribution in [3.05, 3.63) is 60.8 Å². The van der Waals surface area contributed by atoms with Crippen LogP contribution in [0.2, 0.25) is 0 Å². The van der Waals surface area contributed by atoms with Crippen LogP contribution in [0.5, 0.6) is 5.88 Å². The summed E-state index contributed by atoms with van der Waals surface area (Å²) in [6, 6.07) is 12.2. The van der Waals surface area contributed by atoms with Gasteiger partial charge >= 0.3 is 0 Å². The van der Waals surface area contributed by atoms with Crippen LogP contribution in [0.25, 0.3) is 0 Å². The van der Waals surface area contributed by atoms with Crippen LogP contribution in [-0.2, 0) is 6.54 Å². The molecule has 1 aromatic carbocycles. The van der Waals surface area contributed by atoms with Crippen molar-refractivity contribution in [2.24, 2.45) is 0 Å². The highest BCUT2D eigenvalue weighted by atomic mass is 32.2. The molecule has 2 aromatic rings. The van der Waals surface area contributed by atoms with Crippen LogP contribution >= 0.6 is 11.8 Å². The van der Waals surface area contributed by atoms with Crippen molar-refractivity contribution < 1.29 is 4.74 Å². The minimum Gasteiger partial charge on any atom is -0.481 e. The molecular weight excluding hydrogens is 268 g/mol. The van der Waals surface area contributed by atoms with Gasteiger partial charge in [0.15, 0.2) is 0 Å². The molecule has 0 fully saturated rings. The highest BCUT2D eigenvalue weighted by molar-refractivity contribution is 7.99. The van der Waals surface area contributed by atoms with Crippen molar-refractivity contribution >= 4 is 17.4 Å². The Bertz CT molecular complexity index is 555. The van der Waals surface area contributed by atoms with E-state index in [-0.39, 0.29) is 0 Å². The number of pyridine rings is 1. The van der Waals surface area contributed by atoms with E-state index in [2.05, 4.69) is 29.0 Å². The lowest BCUT2D eigenvalue weighted by molar-refractivity contribution is 0.397. The van der Waals surface area contributed by atoms with E-state index in [0.29, 0.717) is 5.88 Å². The molecule has 104 valence electrons. The lowest BCUT2D eigenvalue weighted by Gasteiger charge is -2.11. The van der Waals surface area contributed by atoms with Gasteiger partial charge in [0.25, 0.3) is 0 Å². The third kappa shape index (κ3) is 4.03. The molecule has 0 amide bonds. The molecule has 0 saturated heterocycles. The second kappa shape index (κ2) is 7.60. The smallest absolute Gasteiger partial charge is 0.212 e. The quantitative estimate of drug-likeness (QED) is 0.616. The molecule has 0 spiro atoms. The zero-order chi connectivity index (χ0) is 14.2. The van der Waals surface area contributed by atoms with E-state index in [9.17, 15) is 0 Å². The third-order valence-electron chi connectivity index (χ3n) is 2.73. The monoisotopic (exact) mass is 286 g/mol. The number of nitrogens with one attached hydrogen (secondary N) is 1. The van der Waals surface area contributed by atoms with Crippen LogP contribution in [0.1, 0.15) is 5.56 Å². The number of aromatic nitrogens is 1. The molecule has 0 radical (unpaired) electrons. The summed E-state index contributed by atoms with van der Waals surface area (Å²) in [5.41, 5.74) is 2.25. The van der Waals surface area contributed by atoms with Crippen LogP contribution in [-0.4, -0.2) is 17.8 Å². The molecule has 1 heterocycles. The molecule has 0 aliphatic heterocycles. The summed E-state index contributed by atoms with van der Waals surface area (Å²) < 4.78 is 5.05. The molecule has 1 aromatic heterocycles. The standard InChI is InChI=1S/C16H18N2OS/c1-3-10-20-15-7-5-4-6-14(15)17-11-13-8-9-16(19-2)18-12-13/h3-9,12,17H,1,10-11H2,2H3. The number of hydrogen-bond acceptors (Lipinski definition) is 4. The minimum absolute atomic E-state index is 0.635. The maximum atomic E-state index is 5.05. The summed E-state index contributed by atoms with van der Waals surface area (Å²) in [5.74, 6) is 1.54. The highest BCUT2D eigenvalue weighted by Crippen LogP contribution is 2.27. The Kier molecular flexibility index (Phi) is 5.50. The molecule has 0 bridgehead atoms. The second-order valence-corrected chi connectivity index (χ2v) is 5.22. The lowest BCUT2D eigenvalue weighted by Crippen LogP contribution is -2.01. The number of para-hydroxylation sites is 1. The number of ether oxygens (including phenoxy) is 1. The zero-order valence-electron chi connectivity index (χ0n) is 11.5. The molecule has 4 heteroatoms. The number of benzene rings is 1. The van der Waals surface area contributed by atoms with Gasteiger partial charge in [-0.05, 0) is 17.7 Å². The summed E-state index contributed by atoms with van der Waals surface area (Å²) >= 11 is 1.77. The van der Waals surface area contributed by atoms with Crippen LogP contribution in [0.3, 0.4) is 0 Å². The molecule has 0 saturated carbocycles. The second-order valence-electron chi connectivity index (χ2n) is 4.16. The molecule has 2 rings (SSSR count). The summed E-state index contributed by atoms with van der Waals surface area (Å²) in [6.07, 6.45) is 3.74. The van der Waals surface area contributed by atoms with Crippen LogP contribution < -0.4 is 10.1 Å². The van der Waals surface area contributed by atoms with E-state index in [1.54, 1.807) is 18.9 Å². The number of hydrogen-bond donors (Lipinski definition) is 1. The number of rotatable bonds is 7. The third-order valence-corrected chi connectivity index (χ3v) is 3.80. The van der Waals surface area contributed by atoms with Gasteiger partial charge < -0.3 is 10.1 Å². The Hall–Kier alpha value is -1.94. The fourth-order valence-corrected chi connectivity index (χ4v) is 2.49. The van der Waals surface area contributed by atoms with Crippen LogP contribution in [0, 0.1) is 0 Å². The molecule has 0 atom stereocenters. The number of methoxy groups -OCH3 is 1. The Morgan fingerprint density at radius 1 is 1.30 bits per heavy atom. The first-order valence-electron chi connectivity index (χ1n) is 6.39. The van der Waals surface area contributed by atoms with Gasteiger partial charge in [-0.2, -0.15) is 0 Å². The maximum Gasteiger partial charge on any atom is 0.212 e. The van der Waals surface area contributed by atoms with Crippen LogP contribution in [0.4, 0.5) is 5.69 Å². The van der Waals surface area contributed by atoms with Gasteiger partial charge in [-0.3, -0.25) is 0 Å². The Balaban J connectivity index is 2.00. The SMILES string of the molecule is C=CCSc1ccccc1NCc1ccc(OC)nc1. The predicted molar refractivity (Wildman–Crippen MR) is 85.5 cm³/mol. The predicted octanol–water partition coefficient (Wildman–Crippen LogP) is 3.98. The molecule has 0 aliphatic carbocycles. The fourth-order valence-electron chi connectivity index (χ4n) is 1.72. The van der Waals surface area contributed by atoms with E-state index in [0.717, 1.165) is 23.5 Å². The van der Waals surface area contributed by atoms with Crippen molar-refractivity contribution in [3.63, 3.8) is 0 Å². The van der Waals surface area contributed by atoms with Gasteiger partial charge in [-0.1, -0.05) is 24.3 Å². The largest absolute Gasteiger partial charge is 0.481 e. The first kappa shape index (κ1) is 14.5. The van der Waals surface area contributed by atoms with E-state index in [4.69, 9.17) is 4.74 Å². The van der Waals surface area contributed by atoms with Gasteiger partial charge in [0, 0.05) is 35.1 Å². The van der Waals surface area contributed by atoms with E-state index in [1.807, 2.05) is 36.5 Å². The van der Waals surface area contributed by atoms with Crippen molar-refractivity contribution in [1.29, 1.82) is 0 Å². The van der Waals surface area contributed by atoms with Crippen molar-refractivity contribution in [3.8, 4) is 5.88 Å². The summed E-state index contributed by atoms with van der Waals surface area (Å²) in [5, 5.41) is 3.44. The lowest BCUT2D eigenvalue weighted by atomic mass is 10.2. The minimum atomic E-state index is 0.635. The van der Waals surface area contributed by atoms with Gasteiger partial charge in [-0.15, -0.1) is 18.3 Å². The zero-order valence-corrected chi connectivity index (χ0v) is 12.3. The fraction of sp³-hybridized carbons (Fsp3) is 0.188. The van der Waals surface area contributed by atoms with E-state index < -0.39 is 0 Å². The molecule has 20 heavy (non-hydrogen) atoms. The summed E-state index contributed by atoms with van der Waals surface area (Å²) in [4.78, 5) is 5.43. The van der Waals surface area contributed by atoms with Crippen LogP contribution in [0.15, 0.2) is 60.1 Å². The molecule has 1 N–H and O–H groups in total. The summed E-state index contributed by atoms with van der Waals surface area (Å²) in [7, 11) is 1.62. The van der Waals surface area contributed by atoms with Gasteiger partial charge in [0.05, 0.1) is 7.11 Å². The Labute approximate surface area is 124 Å². The topological polar surface area (TPSA) is 34.1 Å². The van der Waals surface area contributed by atoms with Gasteiger partial charge in [0.1, 0.15) is 0 Å². The molecule has 0 aliphatic rings. The molecule has 0 unspecified atom stereocenters. The van der Waals surface area contributed by atoms with E-state index in [1.165, 1.54) is 4.90 Å². The average Bonchev–Trinajstić information content (AvgIpc) is 2.52. The first-order chi connectivity index (χ1) is 9.83. The summed E-state index contributed by atoms with van der Waals surface area (Å²) in [6.45, 7) is 4.49.